The van der Waals surface area contributed by atoms with Gasteiger partial charge in [0, 0.05) is 17.9 Å². The number of rotatable bonds is 1. The average Bonchev–Trinajstić information content (AvgIpc) is 2.14. The van der Waals surface area contributed by atoms with Crippen molar-refractivity contribution in [2.75, 3.05) is 0 Å². The molecule has 5 heteroatoms. The molecule has 0 spiro atoms. The summed E-state index contributed by atoms with van der Waals surface area (Å²) in [5, 5.41) is 9.19. The molecule has 1 aliphatic rings. The maximum absolute atomic E-state index is 9.19. The highest BCUT2D eigenvalue weighted by Crippen LogP contribution is 2.47. The van der Waals surface area contributed by atoms with Crippen molar-refractivity contribution in [1.82, 2.24) is 9.97 Å². The van der Waals surface area contributed by atoms with Gasteiger partial charge < -0.3 is 5.73 Å². The predicted octanol–water partition coefficient (Wildman–Crippen LogP) is 1.51. The molecule has 15 heavy (non-hydrogen) atoms. The first kappa shape index (κ1) is 10.5. The Morgan fingerprint density at radius 3 is 2.40 bits per heavy atom. The predicted molar refractivity (Wildman–Crippen MR) is 58.8 cm³/mol. The lowest BCUT2D eigenvalue weighted by Gasteiger charge is -2.47. The van der Waals surface area contributed by atoms with Gasteiger partial charge in [-0.15, -0.1) is 0 Å². The van der Waals surface area contributed by atoms with Gasteiger partial charge in [0.2, 0.25) is 0 Å². The minimum atomic E-state index is -0.579. The largest absolute Gasteiger partial charge is 0.325 e. The molecule has 0 aromatic carbocycles. The zero-order chi connectivity index (χ0) is 11.1. The topological polar surface area (TPSA) is 75.6 Å². The van der Waals surface area contributed by atoms with E-state index in [4.69, 9.17) is 5.73 Å². The van der Waals surface area contributed by atoms with Gasteiger partial charge in [-0.05, 0) is 35.7 Å². The summed E-state index contributed by atoms with van der Waals surface area (Å²) in [6.07, 6.45) is 4.57. The summed E-state index contributed by atoms with van der Waals surface area (Å²) in [6.45, 7) is 1.95. The lowest BCUT2D eigenvalue weighted by atomic mass is 9.59. The van der Waals surface area contributed by atoms with Gasteiger partial charge in [0.25, 0.3) is 0 Å². The van der Waals surface area contributed by atoms with E-state index in [1.165, 1.54) is 0 Å². The van der Waals surface area contributed by atoms with E-state index in [-0.39, 0.29) is 5.54 Å². The SMILES string of the molecule is CC1(N)CC(C#N)(c2ncc(Br)cn2)C1. The molecule has 2 N–H and O–H groups in total. The standard InChI is InChI=1S/C10H11BrN4/c1-9(13)4-10(5-9,6-12)8-14-2-7(11)3-15-8/h2-3H,4-5,13H2,1H3. The molecule has 0 saturated heterocycles. The van der Waals surface area contributed by atoms with E-state index in [2.05, 4.69) is 32.0 Å². The number of nitrogens with zero attached hydrogens (tertiary/aromatic N) is 3. The molecule has 4 nitrogen and oxygen atoms in total. The van der Waals surface area contributed by atoms with Crippen LogP contribution in [0.3, 0.4) is 0 Å². The highest BCUT2D eigenvalue weighted by molar-refractivity contribution is 9.10. The monoisotopic (exact) mass is 266 g/mol. The van der Waals surface area contributed by atoms with Crippen LogP contribution in [0.5, 0.6) is 0 Å². The van der Waals surface area contributed by atoms with Crippen LogP contribution in [-0.4, -0.2) is 15.5 Å². The molecular weight excluding hydrogens is 256 g/mol. The van der Waals surface area contributed by atoms with Crippen LogP contribution >= 0.6 is 15.9 Å². The molecule has 1 fully saturated rings. The minimum Gasteiger partial charge on any atom is -0.325 e. The van der Waals surface area contributed by atoms with Crippen molar-refractivity contribution < 1.29 is 0 Å². The molecule has 2 rings (SSSR count). The number of aromatic nitrogens is 2. The minimum absolute atomic E-state index is 0.258. The van der Waals surface area contributed by atoms with Crippen molar-refractivity contribution in [3.8, 4) is 6.07 Å². The Bertz CT molecular complexity index is 410. The number of hydrogen-bond acceptors (Lipinski definition) is 4. The van der Waals surface area contributed by atoms with E-state index >= 15 is 0 Å². The van der Waals surface area contributed by atoms with Gasteiger partial charge in [0.05, 0.1) is 10.5 Å². The maximum atomic E-state index is 9.19. The molecule has 0 bridgehead atoms. The number of halogens is 1. The van der Waals surface area contributed by atoms with Crippen LogP contribution in [0.1, 0.15) is 25.6 Å². The van der Waals surface area contributed by atoms with E-state index in [1.54, 1.807) is 12.4 Å². The number of hydrogen-bond donors (Lipinski definition) is 1. The fraction of sp³-hybridized carbons (Fsp3) is 0.500. The van der Waals surface area contributed by atoms with E-state index in [0.29, 0.717) is 18.7 Å². The molecule has 1 aromatic rings. The molecular formula is C10H11BrN4. The summed E-state index contributed by atoms with van der Waals surface area (Å²) < 4.78 is 0.814. The fourth-order valence-corrected chi connectivity index (χ4v) is 2.38. The van der Waals surface area contributed by atoms with E-state index in [1.807, 2.05) is 6.92 Å². The van der Waals surface area contributed by atoms with Gasteiger partial charge in [0.15, 0.2) is 0 Å². The van der Waals surface area contributed by atoms with Gasteiger partial charge in [-0.1, -0.05) is 0 Å². The Morgan fingerprint density at radius 2 is 2.00 bits per heavy atom. The highest BCUT2D eigenvalue weighted by atomic mass is 79.9. The molecule has 0 unspecified atom stereocenters. The Hall–Kier alpha value is -0.990. The van der Waals surface area contributed by atoms with Crippen molar-refractivity contribution in [2.24, 2.45) is 5.73 Å². The summed E-state index contributed by atoms with van der Waals surface area (Å²) in [7, 11) is 0. The second-order valence-corrected chi connectivity index (χ2v) is 5.34. The molecule has 0 aliphatic heterocycles. The molecule has 78 valence electrons. The van der Waals surface area contributed by atoms with Crippen LogP contribution in [0.15, 0.2) is 16.9 Å². The first-order valence-electron chi connectivity index (χ1n) is 4.66. The first-order valence-corrected chi connectivity index (χ1v) is 5.45. The van der Waals surface area contributed by atoms with E-state index in [9.17, 15) is 5.26 Å². The summed E-state index contributed by atoms with van der Waals surface area (Å²) >= 11 is 3.26. The molecule has 0 radical (unpaired) electrons. The van der Waals surface area contributed by atoms with Crippen LogP contribution in [0.4, 0.5) is 0 Å². The highest BCUT2D eigenvalue weighted by Gasteiger charge is 2.53. The molecule has 1 heterocycles. The second kappa shape index (κ2) is 3.26. The molecule has 1 saturated carbocycles. The maximum Gasteiger partial charge on any atom is 0.148 e. The van der Waals surface area contributed by atoms with Crippen molar-refractivity contribution in [2.45, 2.75) is 30.7 Å². The average molecular weight is 267 g/mol. The molecule has 0 amide bonds. The van der Waals surface area contributed by atoms with E-state index < -0.39 is 5.41 Å². The van der Waals surface area contributed by atoms with Crippen molar-refractivity contribution in [1.29, 1.82) is 5.26 Å². The summed E-state index contributed by atoms with van der Waals surface area (Å²) in [4.78, 5) is 8.35. The van der Waals surface area contributed by atoms with Gasteiger partial charge in [-0.3, -0.25) is 0 Å². The zero-order valence-corrected chi connectivity index (χ0v) is 9.95. The second-order valence-electron chi connectivity index (χ2n) is 4.43. The lowest BCUT2D eigenvalue weighted by molar-refractivity contribution is 0.162. The lowest BCUT2D eigenvalue weighted by Crippen LogP contribution is -2.58. The molecule has 1 aliphatic carbocycles. The van der Waals surface area contributed by atoms with Crippen LogP contribution in [0, 0.1) is 11.3 Å². The van der Waals surface area contributed by atoms with Crippen molar-refractivity contribution in [3.63, 3.8) is 0 Å². The van der Waals surface area contributed by atoms with Crippen LogP contribution in [0.25, 0.3) is 0 Å². The zero-order valence-electron chi connectivity index (χ0n) is 8.37. The van der Waals surface area contributed by atoms with Crippen molar-refractivity contribution in [3.05, 3.63) is 22.7 Å². The third-order valence-corrected chi connectivity index (χ3v) is 3.08. The molecule has 1 aromatic heterocycles. The summed E-state index contributed by atoms with van der Waals surface area (Å²) in [6, 6.07) is 2.29. The number of nitriles is 1. The van der Waals surface area contributed by atoms with Crippen LogP contribution < -0.4 is 5.73 Å². The first-order chi connectivity index (χ1) is 6.97. The van der Waals surface area contributed by atoms with E-state index in [0.717, 1.165) is 4.47 Å². The van der Waals surface area contributed by atoms with Gasteiger partial charge in [-0.25, -0.2) is 9.97 Å². The van der Waals surface area contributed by atoms with Crippen molar-refractivity contribution >= 4 is 15.9 Å². The Morgan fingerprint density at radius 1 is 1.47 bits per heavy atom. The Labute approximate surface area is 96.7 Å². The fourth-order valence-electron chi connectivity index (χ4n) is 2.17. The Kier molecular flexibility index (Phi) is 2.28. The smallest absolute Gasteiger partial charge is 0.148 e. The van der Waals surface area contributed by atoms with Gasteiger partial charge in [-0.2, -0.15) is 5.26 Å². The number of nitrogens with two attached hydrogens (primary N) is 1. The van der Waals surface area contributed by atoms with Crippen LogP contribution in [-0.2, 0) is 5.41 Å². The van der Waals surface area contributed by atoms with Gasteiger partial charge in [0.1, 0.15) is 11.2 Å². The third kappa shape index (κ3) is 1.75. The third-order valence-electron chi connectivity index (χ3n) is 2.67. The van der Waals surface area contributed by atoms with Gasteiger partial charge >= 0.3 is 0 Å². The normalized spacial score (nSPS) is 34.3. The molecule has 0 atom stereocenters. The quantitative estimate of drug-likeness (QED) is 0.836. The summed E-state index contributed by atoms with van der Waals surface area (Å²) in [5.74, 6) is 0.580. The Balaban J connectivity index is 2.31. The summed E-state index contributed by atoms with van der Waals surface area (Å²) in [5.41, 5.74) is 5.09. The van der Waals surface area contributed by atoms with Crippen LogP contribution in [0.2, 0.25) is 0 Å².